The van der Waals surface area contributed by atoms with Gasteiger partial charge in [0.15, 0.2) is 0 Å². The minimum Gasteiger partial charge on any atom is -0.461 e. The van der Waals surface area contributed by atoms with E-state index in [1.165, 1.54) is 12.1 Å². The predicted octanol–water partition coefficient (Wildman–Crippen LogP) is 3.93. The van der Waals surface area contributed by atoms with E-state index in [-0.39, 0.29) is 18.1 Å². The average Bonchev–Trinajstić information content (AvgIpc) is 3.18. The minimum absolute atomic E-state index is 0.166. The van der Waals surface area contributed by atoms with Crippen LogP contribution in [0.2, 0.25) is 0 Å². The molecular weight excluding hydrogens is 269 g/mol. The largest absolute Gasteiger partial charge is 0.461 e. The molecule has 1 aliphatic rings. The van der Waals surface area contributed by atoms with Crippen LogP contribution >= 0.6 is 0 Å². The Labute approximate surface area is 115 Å². The van der Waals surface area contributed by atoms with Crippen molar-refractivity contribution >= 4 is 5.97 Å². The Balaban J connectivity index is 2.07. The summed E-state index contributed by atoms with van der Waals surface area (Å²) in [6.45, 7) is 1.97. The van der Waals surface area contributed by atoms with Gasteiger partial charge in [0.25, 0.3) is 0 Å². The quantitative estimate of drug-likeness (QED) is 0.618. The number of hydrogen-bond acceptors (Lipinski definition) is 2. The number of carbonyl (C=O) groups is 1. The second-order valence-corrected chi connectivity index (χ2v) is 4.73. The number of benzene rings is 1. The molecule has 0 amide bonds. The molecule has 2 rings (SSSR count). The SMILES string of the molecule is C/C=C/COC(=O)C1CC1c1ccccc1C(F)(F)F. The summed E-state index contributed by atoms with van der Waals surface area (Å²) in [6, 6.07) is 5.40. The van der Waals surface area contributed by atoms with Crippen molar-refractivity contribution < 1.29 is 22.7 Å². The summed E-state index contributed by atoms with van der Waals surface area (Å²) in [6.07, 6.45) is -0.546. The van der Waals surface area contributed by atoms with Gasteiger partial charge < -0.3 is 4.74 Å². The Morgan fingerprint density at radius 2 is 2.10 bits per heavy atom. The van der Waals surface area contributed by atoms with Gasteiger partial charge in [0.1, 0.15) is 6.61 Å². The summed E-state index contributed by atoms with van der Waals surface area (Å²) in [5, 5.41) is 0. The standard InChI is InChI=1S/C15H15F3O2/c1-2-3-8-20-14(19)12-9-11(12)10-6-4-5-7-13(10)15(16,17)18/h2-7,11-12H,8-9H2,1H3/b3-2+. The van der Waals surface area contributed by atoms with Crippen LogP contribution in [-0.2, 0) is 15.7 Å². The third-order valence-electron chi connectivity index (χ3n) is 3.32. The van der Waals surface area contributed by atoms with Crippen molar-refractivity contribution in [3.63, 3.8) is 0 Å². The number of carbonyl (C=O) groups excluding carboxylic acids is 1. The summed E-state index contributed by atoms with van der Waals surface area (Å²) in [4.78, 5) is 11.7. The Morgan fingerprint density at radius 1 is 1.40 bits per heavy atom. The summed E-state index contributed by atoms with van der Waals surface area (Å²) in [7, 11) is 0. The van der Waals surface area contributed by atoms with Crippen molar-refractivity contribution in [1.82, 2.24) is 0 Å². The van der Waals surface area contributed by atoms with Gasteiger partial charge in [0.05, 0.1) is 11.5 Å². The molecule has 108 valence electrons. The van der Waals surface area contributed by atoms with Gasteiger partial charge in [-0.05, 0) is 30.9 Å². The lowest BCUT2D eigenvalue weighted by Crippen LogP contribution is -2.11. The number of hydrogen-bond donors (Lipinski definition) is 0. The van der Waals surface area contributed by atoms with E-state index in [2.05, 4.69) is 0 Å². The highest BCUT2D eigenvalue weighted by molar-refractivity contribution is 5.77. The van der Waals surface area contributed by atoms with E-state index in [1.807, 2.05) is 0 Å². The molecule has 0 radical (unpaired) electrons. The lowest BCUT2D eigenvalue weighted by molar-refractivity contribution is -0.144. The molecule has 1 aromatic carbocycles. The molecule has 20 heavy (non-hydrogen) atoms. The van der Waals surface area contributed by atoms with Crippen molar-refractivity contribution in [3.8, 4) is 0 Å². The topological polar surface area (TPSA) is 26.3 Å². The number of ether oxygens (including phenoxy) is 1. The van der Waals surface area contributed by atoms with E-state index in [0.717, 1.165) is 6.07 Å². The van der Waals surface area contributed by atoms with Gasteiger partial charge in [-0.25, -0.2) is 0 Å². The van der Waals surface area contributed by atoms with E-state index in [0.29, 0.717) is 6.42 Å². The van der Waals surface area contributed by atoms with Gasteiger partial charge in [-0.15, -0.1) is 0 Å². The molecule has 0 heterocycles. The monoisotopic (exact) mass is 284 g/mol. The second-order valence-electron chi connectivity index (χ2n) is 4.73. The van der Waals surface area contributed by atoms with Gasteiger partial charge in [0.2, 0.25) is 0 Å². The fourth-order valence-corrected chi connectivity index (χ4v) is 2.21. The Hall–Kier alpha value is -1.78. The van der Waals surface area contributed by atoms with Crippen molar-refractivity contribution in [1.29, 1.82) is 0 Å². The first-order valence-corrected chi connectivity index (χ1v) is 6.39. The lowest BCUT2D eigenvalue weighted by Gasteiger charge is -2.12. The van der Waals surface area contributed by atoms with E-state index in [1.54, 1.807) is 25.1 Å². The molecular formula is C15H15F3O2. The van der Waals surface area contributed by atoms with Crippen molar-refractivity contribution in [2.45, 2.75) is 25.4 Å². The van der Waals surface area contributed by atoms with Crippen LogP contribution in [0.15, 0.2) is 36.4 Å². The third-order valence-corrected chi connectivity index (χ3v) is 3.32. The minimum atomic E-state index is -4.39. The van der Waals surface area contributed by atoms with Crippen LogP contribution in [0.1, 0.15) is 30.4 Å². The molecule has 0 spiro atoms. The molecule has 0 N–H and O–H groups in total. The summed E-state index contributed by atoms with van der Waals surface area (Å²) < 4.78 is 43.6. The first-order chi connectivity index (χ1) is 9.45. The molecule has 0 bridgehead atoms. The normalized spacial score (nSPS) is 22.0. The molecule has 0 saturated heterocycles. The van der Waals surface area contributed by atoms with E-state index < -0.39 is 23.6 Å². The average molecular weight is 284 g/mol. The van der Waals surface area contributed by atoms with Crippen molar-refractivity contribution in [2.75, 3.05) is 6.61 Å². The van der Waals surface area contributed by atoms with Crippen LogP contribution in [0.4, 0.5) is 13.2 Å². The Bertz CT molecular complexity index is 520. The molecule has 0 aliphatic heterocycles. The summed E-state index contributed by atoms with van der Waals surface area (Å²) >= 11 is 0. The molecule has 2 atom stereocenters. The van der Waals surface area contributed by atoms with E-state index in [9.17, 15) is 18.0 Å². The number of alkyl halides is 3. The fourth-order valence-electron chi connectivity index (χ4n) is 2.21. The molecule has 0 aromatic heterocycles. The molecule has 2 nitrogen and oxygen atoms in total. The van der Waals surface area contributed by atoms with Crippen LogP contribution in [0.25, 0.3) is 0 Å². The maximum absolute atomic E-state index is 12.9. The van der Waals surface area contributed by atoms with Crippen molar-refractivity contribution in [2.24, 2.45) is 5.92 Å². The molecule has 5 heteroatoms. The second kappa shape index (κ2) is 5.69. The molecule has 1 aromatic rings. The maximum atomic E-state index is 12.9. The molecule has 1 fully saturated rings. The zero-order valence-electron chi connectivity index (χ0n) is 11.0. The van der Waals surface area contributed by atoms with Gasteiger partial charge in [-0.1, -0.05) is 30.4 Å². The first-order valence-electron chi connectivity index (χ1n) is 6.39. The number of halogens is 3. The highest BCUT2D eigenvalue weighted by Crippen LogP contribution is 2.51. The summed E-state index contributed by atoms with van der Waals surface area (Å²) in [5.74, 6) is -1.26. The number of rotatable bonds is 4. The lowest BCUT2D eigenvalue weighted by atomic mass is 10.0. The van der Waals surface area contributed by atoms with Crippen LogP contribution in [0.5, 0.6) is 0 Å². The predicted molar refractivity (Wildman–Crippen MR) is 68.1 cm³/mol. The Kier molecular flexibility index (Phi) is 4.16. The molecule has 1 aliphatic carbocycles. The fraction of sp³-hybridized carbons (Fsp3) is 0.400. The maximum Gasteiger partial charge on any atom is 0.416 e. The van der Waals surface area contributed by atoms with Gasteiger partial charge in [0, 0.05) is 0 Å². The van der Waals surface area contributed by atoms with Crippen molar-refractivity contribution in [3.05, 3.63) is 47.5 Å². The highest BCUT2D eigenvalue weighted by Gasteiger charge is 2.48. The molecule has 1 saturated carbocycles. The number of allylic oxidation sites excluding steroid dienone is 1. The molecule has 2 unspecified atom stereocenters. The Morgan fingerprint density at radius 3 is 2.75 bits per heavy atom. The highest BCUT2D eigenvalue weighted by atomic mass is 19.4. The zero-order valence-corrected chi connectivity index (χ0v) is 11.0. The zero-order chi connectivity index (χ0) is 14.8. The van der Waals surface area contributed by atoms with Crippen LogP contribution in [0.3, 0.4) is 0 Å². The van der Waals surface area contributed by atoms with E-state index in [4.69, 9.17) is 4.74 Å². The van der Waals surface area contributed by atoms with E-state index >= 15 is 0 Å². The van der Waals surface area contributed by atoms with Gasteiger partial charge in [-0.2, -0.15) is 13.2 Å². The smallest absolute Gasteiger partial charge is 0.416 e. The van der Waals surface area contributed by atoms with Crippen LogP contribution in [0, 0.1) is 5.92 Å². The summed E-state index contributed by atoms with van der Waals surface area (Å²) in [5.41, 5.74) is -0.471. The van der Waals surface area contributed by atoms with Gasteiger partial charge in [-0.3, -0.25) is 4.79 Å². The van der Waals surface area contributed by atoms with Gasteiger partial charge >= 0.3 is 12.1 Å². The number of esters is 1. The third kappa shape index (κ3) is 3.21. The van der Waals surface area contributed by atoms with Crippen LogP contribution < -0.4 is 0 Å². The first kappa shape index (κ1) is 14.6. The van der Waals surface area contributed by atoms with Crippen LogP contribution in [-0.4, -0.2) is 12.6 Å².